The lowest BCUT2D eigenvalue weighted by Crippen LogP contribution is -2.62. The first-order valence-electron chi connectivity index (χ1n) is 36.7. The van der Waals surface area contributed by atoms with Crippen LogP contribution in [0.25, 0.3) is 10.9 Å². The molecule has 38 nitrogen and oxygen atoms in total. The number of fused-ring (bicyclic) bond motifs is 1. The molecule has 0 bridgehead atoms. The van der Waals surface area contributed by atoms with Crippen molar-refractivity contribution in [3.05, 3.63) is 108 Å². The zero-order valence-electron chi connectivity index (χ0n) is 63.8. The summed E-state index contributed by atoms with van der Waals surface area (Å²) in [6.07, 6.45) is -1.96. The molecule has 0 radical (unpaired) electrons. The highest BCUT2D eigenvalue weighted by atomic mass is 32.2. The van der Waals surface area contributed by atoms with Crippen LogP contribution in [-0.2, 0) is 101 Å². The van der Waals surface area contributed by atoms with Crippen LogP contribution < -0.4 is 98.2 Å². The topological polar surface area (TPSA) is 647 Å². The van der Waals surface area contributed by atoms with Crippen LogP contribution in [0.4, 0.5) is 0 Å². The summed E-state index contributed by atoms with van der Waals surface area (Å²) in [5, 5.41) is 51.2. The quantitative estimate of drug-likeness (QED) is 0.0184. The molecule has 1 heterocycles. The number of hydrogen-bond acceptors (Lipinski definition) is 21. The van der Waals surface area contributed by atoms with Gasteiger partial charge in [-0.3, -0.25) is 81.5 Å². The molecule has 0 aliphatic carbocycles. The normalized spacial score (nSPS) is 14.8. The molecule has 0 aliphatic rings. The molecule has 0 unspecified atom stereocenters. The Morgan fingerprint density at radius 1 is 0.442 bits per heavy atom. The van der Waals surface area contributed by atoms with Gasteiger partial charge in [-0.05, 0) is 92.2 Å². The third kappa shape index (κ3) is 32.7. The van der Waals surface area contributed by atoms with E-state index in [-0.39, 0.29) is 63.7 Å². The van der Waals surface area contributed by atoms with E-state index in [9.17, 15) is 77.3 Å². The largest absolute Gasteiger partial charge is 0.481 e. The summed E-state index contributed by atoms with van der Waals surface area (Å²) in [7, 11) is 0. The number of unbranched alkanes of at least 4 members (excludes halogenated alkanes) is 1. The van der Waals surface area contributed by atoms with E-state index >= 15 is 14.4 Å². The Hall–Kier alpha value is -11.6. The first-order valence-corrected chi connectivity index (χ1v) is 38.1. The van der Waals surface area contributed by atoms with Crippen LogP contribution in [0.3, 0.4) is 0 Å². The molecule has 4 rings (SSSR count). The summed E-state index contributed by atoms with van der Waals surface area (Å²) in [6.45, 7) is 7.36. The molecule has 3 aromatic carbocycles. The maximum atomic E-state index is 15.2. The number of rotatable bonds is 51. The van der Waals surface area contributed by atoms with Crippen LogP contribution in [0, 0.1) is 11.8 Å². The van der Waals surface area contributed by atoms with E-state index in [1.165, 1.54) is 11.8 Å². The van der Waals surface area contributed by atoms with Crippen molar-refractivity contribution in [3.63, 3.8) is 0 Å². The van der Waals surface area contributed by atoms with E-state index in [2.05, 4.69) is 63.5 Å². The lowest BCUT2D eigenvalue weighted by molar-refractivity contribution is -0.142. The van der Waals surface area contributed by atoms with Crippen molar-refractivity contribution in [2.24, 2.45) is 46.2 Å². The van der Waals surface area contributed by atoms with E-state index in [4.69, 9.17) is 34.4 Å². The number of nitrogens with one attached hydrogen (secondary N) is 13. The second kappa shape index (κ2) is 47.6. The van der Waals surface area contributed by atoms with Gasteiger partial charge in [0.25, 0.3) is 0 Å². The minimum Gasteiger partial charge on any atom is -0.481 e. The fraction of sp³-hybridized carbons (Fsp3) is 0.500. The van der Waals surface area contributed by atoms with Crippen LogP contribution in [-0.4, -0.2) is 219 Å². The molecule has 113 heavy (non-hydrogen) atoms. The van der Waals surface area contributed by atoms with E-state index in [0.717, 1.165) is 6.92 Å². The molecule has 1 aromatic heterocycles. The molecule has 27 N–H and O–H groups in total. The minimum absolute atomic E-state index is 0.0330. The van der Waals surface area contributed by atoms with Gasteiger partial charge < -0.3 is 113 Å². The smallest absolute Gasteiger partial charge is 0.305 e. The van der Waals surface area contributed by atoms with Gasteiger partial charge in [-0.2, -0.15) is 11.8 Å². The number of aliphatic hydroxyl groups excluding tert-OH is 1. The lowest BCUT2D eigenvalue weighted by atomic mass is 9.96. The standard InChI is InChI=1S/C74H107N19O19S/c1-7-39(4)61(73(111)91-51(30-42-20-12-9-13-21-42)69(107)88-53(33-57(78)96)64(102)82-37-59(80)98)92-66(104)48(25-27-113-6)84-70(108)52(31-43-36-81-46-23-15-14-22-44(43)46)87-65(103)47(24-16-17-26-75)83-68(106)50(29-41-18-10-8-11-19-41)86-67(105)49(28-38(2)3)90-74(112)62(40(5)94)93-72(110)54(34-58(79)97)89-71(109)55(35-60(99)100)85-63(101)45(76)32-56(77)95/h8-15,18-23,36,38-40,45,47-55,61-62,81,94H,7,16-17,24-35,37,75-76H2,1-6H3,(H2,77,95)(H2,78,96)(H2,79,97)(H2,80,98)(H,82,102)(H,83,106)(H,84,108)(H,85,101)(H,86,105)(H,87,103)(H,88,107)(H,89,109)(H,90,112)(H,91,111)(H,92,104)(H,93,110)(H,99,100)/t39-,40+,45-,47-,48-,49-,50-,51-,52-,53-,54-,55-,61-,62-/m0/s1. The van der Waals surface area contributed by atoms with E-state index < -0.39 is 223 Å². The predicted octanol–water partition coefficient (Wildman–Crippen LogP) is -5.09. The number of thioether (sulfide) groups is 1. The van der Waals surface area contributed by atoms with Gasteiger partial charge in [-0.25, -0.2) is 0 Å². The fourth-order valence-corrected chi connectivity index (χ4v) is 12.2. The van der Waals surface area contributed by atoms with Gasteiger partial charge in [-0.1, -0.05) is 113 Å². The van der Waals surface area contributed by atoms with Crippen LogP contribution in [0.1, 0.15) is 116 Å². The van der Waals surface area contributed by atoms with Crippen molar-refractivity contribution < 1.29 is 91.7 Å². The lowest BCUT2D eigenvalue weighted by Gasteiger charge is -2.30. The highest BCUT2D eigenvalue weighted by Crippen LogP contribution is 2.21. The van der Waals surface area contributed by atoms with Crippen LogP contribution >= 0.6 is 11.8 Å². The molecule has 0 saturated heterocycles. The summed E-state index contributed by atoms with van der Waals surface area (Å²) >= 11 is 1.33. The summed E-state index contributed by atoms with van der Waals surface area (Å²) in [5.41, 5.74) is 35.0. The summed E-state index contributed by atoms with van der Waals surface area (Å²) < 4.78 is 0. The third-order valence-corrected chi connectivity index (χ3v) is 18.5. The predicted molar refractivity (Wildman–Crippen MR) is 414 cm³/mol. The van der Waals surface area contributed by atoms with Gasteiger partial charge in [0.15, 0.2) is 0 Å². The van der Waals surface area contributed by atoms with E-state index in [1.807, 2.05) is 5.32 Å². The van der Waals surface area contributed by atoms with Gasteiger partial charge in [0, 0.05) is 36.4 Å². The molecule has 39 heteroatoms. The van der Waals surface area contributed by atoms with Gasteiger partial charge in [0.1, 0.15) is 66.5 Å². The second-order valence-electron chi connectivity index (χ2n) is 27.7. The number of aliphatic carboxylic acids is 1. The van der Waals surface area contributed by atoms with Gasteiger partial charge in [0.2, 0.25) is 94.5 Å². The first kappa shape index (κ1) is 93.8. The molecule has 4 aromatic rings. The number of primary amides is 4. The number of amides is 16. The molecule has 618 valence electrons. The van der Waals surface area contributed by atoms with Gasteiger partial charge in [0.05, 0.1) is 44.4 Å². The highest BCUT2D eigenvalue weighted by Gasteiger charge is 2.40. The molecular weight excluding hydrogens is 1490 g/mol. The van der Waals surface area contributed by atoms with Crippen molar-refractivity contribution in [1.29, 1.82) is 0 Å². The molecule has 0 saturated carbocycles. The Morgan fingerprint density at radius 2 is 0.850 bits per heavy atom. The Morgan fingerprint density at radius 3 is 1.35 bits per heavy atom. The van der Waals surface area contributed by atoms with Gasteiger partial charge in [-0.15, -0.1) is 0 Å². The summed E-state index contributed by atoms with van der Waals surface area (Å²) in [4.78, 5) is 234. The van der Waals surface area contributed by atoms with Crippen molar-refractivity contribution in [1.82, 2.24) is 68.8 Å². The average molecular weight is 1600 g/mol. The number of aromatic nitrogens is 1. The zero-order valence-corrected chi connectivity index (χ0v) is 64.7. The van der Waals surface area contributed by atoms with E-state index in [1.54, 1.807) is 125 Å². The monoisotopic (exact) mass is 1600 g/mol. The first-order chi connectivity index (χ1) is 53.4. The molecule has 0 spiro atoms. The summed E-state index contributed by atoms with van der Waals surface area (Å²) in [5.74, 6) is -19.0. The number of carboxylic acids is 1. The number of carboxylic acid groups (broad SMARTS) is 1. The Bertz CT molecular complexity index is 3960. The number of aromatic amines is 1. The highest BCUT2D eigenvalue weighted by molar-refractivity contribution is 7.98. The summed E-state index contributed by atoms with van der Waals surface area (Å²) in [6, 6.07) is 4.24. The van der Waals surface area contributed by atoms with Crippen LogP contribution in [0.2, 0.25) is 0 Å². The van der Waals surface area contributed by atoms with Gasteiger partial charge >= 0.3 is 5.97 Å². The molecule has 0 aliphatic heterocycles. The number of hydrogen-bond donors (Lipinski definition) is 21. The number of carbonyl (C=O) groups excluding carboxylic acids is 16. The average Bonchev–Trinajstić information content (AvgIpc) is 1.71. The second-order valence-corrected chi connectivity index (χ2v) is 28.7. The maximum Gasteiger partial charge on any atom is 0.305 e. The number of carbonyl (C=O) groups is 17. The number of aliphatic hydroxyl groups is 1. The van der Waals surface area contributed by atoms with Crippen molar-refractivity contribution in [3.8, 4) is 0 Å². The maximum absolute atomic E-state index is 15.2. The Balaban J connectivity index is 1.70. The fourth-order valence-electron chi connectivity index (χ4n) is 11.7. The third-order valence-electron chi connectivity index (χ3n) is 17.9. The van der Waals surface area contributed by atoms with Crippen molar-refractivity contribution in [2.45, 2.75) is 197 Å². The molecular formula is C74H107N19O19S. The van der Waals surface area contributed by atoms with Crippen molar-refractivity contribution in [2.75, 3.05) is 25.1 Å². The molecule has 14 atom stereocenters. The van der Waals surface area contributed by atoms with E-state index in [0.29, 0.717) is 34.0 Å². The Kier molecular flexibility index (Phi) is 39.5. The molecule has 0 fully saturated rings. The number of H-pyrrole nitrogens is 1. The zero-order chi connectivity index (χ0) is 84.2. The molecule has 16 amide bonds. The number of para-hydroxylation sites is 1. The van der Waals surface area contributed by atoms with Crippen LogP contribution in [0.5, 0.6) is 0 Å². The van der Waals surface area contributed by atoms with Crippen LogP contribution in [0.15, 0.2) is 91.1 Å². The number of nitrogens with two attached hydrogens (primary N) is 6. The van der Waals surface area contributed by atoms with Crippen molar-refractivity contribution >= 4 is 123 Å². The minimum atomic E-state index is -2.00. The SMILES string of the molecule is CC[C@H](C)[C@H](NC(=O)[C@H](CCSC)NC(=O)[C@H](Cc1c[nH]c2ccccc12)NC(=O)[C@H](CCCCN)NC(=O)[C@H](Cc1ccccc1)NC(=O)[C@H](CC(C)C)NC(=O)[C@@H](NC(=O)[C@H](CC(N)=O)NC(=O)[C@H](CC(=O)O)NC(=O)[C@@H](N)CC(N)=O)[C@@H](C)O)C(=O)N[C@@H](Cc1ccccc1)C(=O)N[C@@H](CC(N)=O)C(=O)NCC(N)=O. The Labute approximate surface area is 656 Å². The number of benzene rings is 3.